The second-order valence-corrected chi connectivity index (χ2v) is 7.10. The highest BCUT2D eigenvalue weighted by Crippen LogP contribution is 2.47. The fraction of sp³-hybridized carbons (Fsp3) is 0.400. The molecular weight excluding hydrogens is 334 g/mol. The monoisotopic (exact) mass is 353 g/mol. The molecule has 0 atom stereocenters. The Kier molecular flexibility index (Phi) is 3.52. The Morgan fingerprint density at radius 1 is 1.15 bits per heavy atom. The molecule has 6 nitrogen and oxygen atoms in total. The van der Waals surface area contributed by atoms with Crippen molar-refractivity contribution < 1.29 is 23.5 Å². The van der Waals surface area contributed by atoms with Gasteiger partial charge in [0.1, 0.15) is 6.26 Å². The van der Waals surface area contributed by atoms with Crippen LogP contribution in [0.5, 0.6) is 0 Å². The minimum atomic E-state index is -1.41. The van der Waals surface area contributed by atoms with E-state index in [0.717, 1.165) is 24.9 Å². The molecule has 0 unspecified atom stereocenters. The van der Waals surface area contributed by atoms with Gasteiger partial charge in [0.05, 0.1) is 30.7 Å². The summed E-state index contributed by atoms with van der Waals surface area (Å²) in [6, 6.07) is 6.95. The molecule has 0 bridgehead atoms. The molecule has 1 saturated carbocycles. The van der Waals surface area contributed by atoms with E-state index in [-0.39, 0.29) is 11.7 Å². The molecule has 1 aliphatic carbocycles. The maximum atomic E-state index is 13.2. The number of fused-ring (bicyclic) bond motifs is 2. The molecular formula is C20H19NO5. The van der Waals surface area contributed by atoms with E-state index in [9.17, 15) is 9.59 Å². The van der Waals surface area contributed by atoms with Gasteiger partial charge >= 0.3 is 0 Å². The second kappa shape index (κ2) is 5.79. The summed E-state index contributed by atoms with van der Waals surface area (Å²) in [4.78, 5) is 27.6. The van der Waals surface area contributed by atoms with Crippen molar-refractivity contribution in [3.8, 4) is 0 Å². The molecule has 1 saturated heterocycles. The third-order valence-corrected chi connectivity index (χ3v) is 5.25. The van der Waals surface area contributed by atoms with E-state index in [2.05, 4.69) is 0 Å². The zero-order valence-corrected chi connectivity index (χ0v) is 14.3. The van der Waals surface area contributed by atoms with E-state index in [1.165, 1.54) is 12.5 Å². The Morgan fingerprint density at radius 2 is 1.96 bits per heavy atom. The lowest BCUT2D eigenvalue weighted by atomic mass is 9.99. The molecule has 1 aromatic carbocycles. The Morgan fingerprint density at radius 3 is 2.65 bits per heavy atom. The fourth-order valence-electron chi connectivity index (χ4n) is 3.69. The SMILES string of the molecule is O=C(c1ccoc1)c1ccc2c(c1)C1(OCCCO1)C(=O)N2CC1CC1. The highest BCUT2D eigenvalue weighted by molar-refractivity contribution is 6.11. The van der Waals surface area contributed by atoms with Crippen molar-refractivity contribution in [3.05, 3.63) is 53.5 Å². The van der Waals surface area contributed by atoms with Gasteiger partial charge < -0.3 is 18.8 Å². The number of nitrogens with zero attached hydrogens (tertiary/aromatic N) is 1. The number of anilines is 1. The van der Waals surface area contributed by atoms with Gasteiger partial charge in [0, 0.05) is 17.7 Å². The quantitative estimate of drug-likeness (QED) is 0.791. The van der Waals surface area contributed by atoms with Gasteiger partial charge in [-0.05, 0) is 49.4 Å². The van der Waals surface area contributed by atoms with Crippen LogP contribution in [0.4, 0.5) is 5.69 Å². The first-order valence-corrected chi connectivity index (χ1v) is 9.00. The molecule has 0 radical (unpaired) electrons. The van der Waals surface area contributed by atoms with E-state index in [1.54, 1.807) is 23.1 Å². The minimum Gasteiger partial charge on any atom is -0.472 e. The first kappa shape index (κ1) is 15.8. The van der Waals surface area contributed by atoms with Crippen LogP contribution in [0.1, 0.15) is 40.7 Å². The predicted molar refractivity (Wildman–Crippen MR) is 91.9 cm³/mol. The molecule has 2 aliphatic heterocycles. The Labute approximate surface area is 150 Å². The van der Waals surface area contributed by atoms with Crippen LogP contribution in [0.15, 0.2) is 41.2 Å². The number of carbonyl (C=O) groups is 2. The van der Waals surface area contributed by atoms with Crippen LogP contribution in [0.2, 0.25) is 0 Å². The second-order valence-electron chi connectivity index (χ2n) is 7.10. The van der Waals surface area contributed by atoms with Gasteiger partial charge in [-0.25, -0.2) is 0 Å². The van der Waals surface area contributed by atoms with Gasteiger partial charge in [-0.2, -0.15) is 0 Å². The molecule has 6 heteroatoms. The van der Waals surface area contributed by atoms with Crippen molar-refractivity contribution in [2.45, 2.75) is 25.0 Å². The highest BCUT2D eigenvalue weighted by Gasteiger charge is 2.55. The largest absolute Gasteiger partial charge is 0.472 e. The first-order chi connectivity index (χ1) is 12.7. The number of benzene rings is 1. The number of carbonyl (C=O) groups excluding carboxylic acids is 2. The molecule has 3 aliphatic rings. The zero-order valence-electron chi connectivity index (χ0n) is 14.3. The molecule has 2 fully saturated rings. The Hall–Kier alpha value is -2.44. The van der Waals surface area contributed by atoms with E-state index in [4.69, 9.17) is 13.9 Å². The van der Waals surface area contributed by atoms with Crippen LogP contribution in [-0.2, 0) is 20.1 Å². The van der Waals surface area contributed by atoms with Crippen molar-refractivity contribution >= 4 is 17.4 Å². The molecule has 2 aromatic rings. The Bertz CT molecular complexity index is 862. The normalized spacial score (nSPS) is 21.2. The summed E-state index contributed by atoms with van der Waals surface area (Å²) in [5.74, 6) is -1.19. The fourth-order valence-corrected chi connectivity index (χ4v) is 3.69. The van der Waals surface area contributed by atoms with Gasteiger partial charge in [-0.1, -0.05) is 0 Å². The predicted octanol–water partition coefficient (Wildman–Crippen LogP) is 2.86. The molecule has 5 rings (SSSR count). The zero-order chi connectivity index (χ0) is 17.7. The number of hydrogen-bond donors (Lipinski definition) is 0. The summed E-state index contributed by atoms with van der Waals surface area (Å²) in [5.41, 5.74) is 2.39. The van der Waals surface area contributed by atoms with E-state index < -0.39 is 5.79 Å². The lowest BCUT2D eigenvalue weighted by Crippen LogP contribution is -2.47. The highest BCUT2D eigenvalue weighted by atomic mass is 16.7. The third kappa shape index (κ3) is 2.33. The number of furan rings is 1. The summed E-state index contributed by atoms with van der Waals surface area (Å²) in [6.45, 7) is 1.60. The molecule has 134 valence electrons. The van der Waals surface area contributed by atoms with Gasteiger partial charge in [0.2, 0.25) is 0 Å². The first-order valence-electron chi connectivity index (χ1n) is 9.00. The molecule has 1 amide bonds. The van der Waals surface area contributed by atoms with Gasteiger partial charge in [-0.15, -0.1) is 0 Å². The summed E-state index contributed by atoms with van der Waals surface area (Å²) in [6.07, 6.45) is 5.93. The maximum absolute atomic E-state index is 13.2. The maximum Gasteiger partial charge on any atom is 0.292 e. The van der Waals surface area contributed by atoms with Crippen LogP contribution in [0.3, 0.4) is 0 Å². The van der Waals surface area contributed by atoms with Crippen molar-refractivity contribution in [2.75, 3.05) is 24.7 Å². The topological polar surface area (TPSA) is 69.0 Å². The lowest BCUT2D eigenvalue weighted by Gasteiger charge is -2.32. The van der Waals surface area contributed by atoms with Crippen molar-refractivity contribution in [1.82, 2.24) is 0 Å². The average molecular weight is 353 g/mol. The summed E-state index contributed by atoms with van der Waals surface area (Å²) in [7, 11) is 0. The minimum absolute atomic E-state index is 0.152. The van der Waals surface area contributed by atoms with Gasteiger partial charge in [0.15, 0.2) is 5.78 Å². The standard InChI is InChI=1S/C20H19NO5/c22-18(15-6-9-24-12-15)14-4-5-17-16(10-14)20(25-7-1-8-26-20)19(23)21(17)11-13-2-3-13/h4-6,9-10,12-13H,1-3,7-8,11H2. The molecule has 0 N–H and O–H groups in total. The summed E-state index contributed by atoms with van der Waals surface area (Å²) in [5, 5.41) is 0. The molecule has 26 heavy (non-hydrogen) atoms. The van der Waals surface area contributed by atoms with Crippen molar-refractivity contribution in [3.63, 3.8) is 0 Å². The van der Waals surface area contributed by atoms with Crippen LogP contribution < -0.4 is 4.90 Å². The number of hydrogen-bond acceptors (Lipinski definition) is 5. The number of amides is 1. The number of ketones is 1. The smallest absolute Gasteiger partial charge is 0.292 e. The van der Waals surface area contributed by atoms with Crippen LogP contribution in [0.25, 0.3) is 0 Å². The van der Waals surface area contributed by atoms with E-state index in [1.807, 2.05) is 6.07 Å². The number of ether oxygens (including phenoxy) is 2. The Balaban J connectivity index is 1.59. The van der Waals surface area contributed by atoms with Gasteiger partial charge in [0.25, 0.3) is 11.7 Å². The molecule has 1 spiro atoms. The molecule has 1 aromatic heterocycles. The van der Waals surface area contributed by atoms with Crippen molar-refractivity contribution in [2.24, 2.45) is 5.92 Å². The van der Waals surface area contributed by atoms with Crippen LogP contribution in [-0.4, -0.2) is 31.4 Å². The van der Waals surface area contributed by atoms with Crippen LogP contribution >= 0.6 is 0 Å². The third-order valence-electron chi connectivity index (χ3n) is 5.25. The average Bonchev–Trinajstić information content (AvgIpc) is 3.28. The lowest BCUT2D eigenvalue weighted by molar-refractivity contribution is -0.256. The number of rotatable bonds is 4. The van der Waals surface area contributed by atoms with Crippen LogP contribution in [0, 0.1) is 5.92 Å². The van der Waals surface area contributed by atoms with E-state index >= 15 is 0 Å². The van der Waals surface area contributed by atoms with Crippen molar-refractivity contribution in [1.29, 1.82) is 0 Å². The van der Waals surface area contributed by atoms with E-state index in [0.29, 0.717) is 42.4 Å². The molecule has 3 heterocycles. The summed E-state index contributed by atoms with van der Waals surface area (Å²) >= 11 is 0. The van der Waals surface area contributed by atoms with Gasteiger partial charge in [-0.3, -0.25) is 9.59 Å². The summed E-state index contributed by atoms with van der Waals surface area (Å²) < 4.78 is 16.8.